The van der Waals surface area contributed by atoms with Crippen molar-refractivity contribution >= 4 is 14.2 Å². The Bertz CT molecular complexity index is 490. The Morgan fingerprint density at radius 2 is 1.68 bits per heavy atom. The van der Waals surface area contributed by atoms with E-state index in [2.05, 4.69) is 19.1 Å². The van der Waals surface area contributed by atoms with Crippen molar-refractivity contribution in [2.75, 3.05) is 6.16 Å². The normalized spacial score (nSPS) is 17.8. The molecule has 0 unspecified atom stereocenters. The fourth-order valence-corrected chi connectivity index (χ4v) is 4.14. The molecule has 1 aromatic carbocycles. The summed E-state index contributed by atoms with van der Waals surface area (Å²) in [4.78, 5) is 13.0. The third kappa shape index (κ3) is 2.65. The lowest BCUT2D eigenvalue weighted by molar-refractivity contribution is 0.0827. The molecule has 1 saturated carbocycles. The van der Waals surface area contributed by atoms with Crippen molar-refractivity contribution in [1.82, 2.24) is 0 Å². The van der Waals surface area contributed by atoms with Crippen molar-refractivity contribution in [3.63, 3.8) is 0 Å². The van der Waals surface area contributed by atoms with Crippen LogP contribution in [0.4, 0.5) is 0 Å². The molecular weight excluding hydrogens is 255 g/mol. The lowest BCUT2D eigenvalue weighted by atomic mass is 9.78. The summed E-state index contributed by atoms with van der Waals surface area (Å²) in [6, 6.07) is 4.13. The second-order valence-corrected chi connectivity index (χ2v) is 6.45. The minimum atomic E-state index is -0.381. The van der Waals surface area contributed by atoms with E-state index in [0.29, 0.717) is 6.16 Å². The van der Waals surface area contributed by atoms with Crippen LogP contribution in [-0.2, 0) is 4.57 Å². The first kappa shape index (κ1) is 14.4. The molecule has 3 heteroatoms. The van der Waals surface area contributed by atoms with Crippen LogP contribution in [0.5, 0.6) is 0 Å². The highest BCUT2D eigenvalue weighted by molar-refractivity contribution is 7.23. The third-order valence-electron chi connectivity index (χ3n) is 4.31. The zero-order valence-electron chi connectivity index (χ0n) is 12.0. The number of rotatable bonds is 4. The fourth-order valence-electron chi connectivity index (χ4n) is 3.44. The first-order valence-electron chi connectivity index (χ1n) is 6.92. The topological polar surface area (TPSA) is 34.1 Å². The molecule has 102 valence electrons. The molecule has 0 atom stereocenters. The van der Waals surface area contributed by atoms with Crippen molar-refractivity contribution in [2.24, 2.45) is 5.41 Å². The number of ketones is 1. The maximum Gasteiger partial charge on any atom is 0.170 e. The van der Waals surface area contributed by atoms with Gasteiger partial charge in [-0.3, -0.25) is 9.36 Å². The van der Waals surface area contributed by atoms with Gasteiger partial charge in [0.1, 0.15) is 0 Å². The molecule has 1 aliphatic rings. The van der Waals surface area contributed by atoms with Crippen molar-refractivity contribution in [3.05, 3.63) is 34.4 Å². The van der Waals surface area contributed by atoms with Gasteiger partial charge < -0.3 is 0 Å². The van der Waals surface area contributed by atoms with E-state index in [9.17, 15) is 9.36 Å². The van der Waals surface area contributed by atoms with Crippen molar-refractivity contribution in [1.29, 1.82) is 0 Å². The Labute approximate surface area is 116 Å². The zero-order valence-corrected chi connectivity index (χ0v) is 12.8. The highest BCUT2D eigenvalue weighted by atomic mass is 31.1. The van der Waals surface area contributed by atoms with Gasteiger partial charge in [-0.25, -0.2) is 0 Å². The number of aryl methyl sites for hydroxylation is 3. The van der Waals surface area contributed by atoms with E-state index in [0.717, 1.165) is 42.4 Å². The predicted octanol–water partition coefficient (Wildman–Crippen LogP) is 4.65. The number of carbonyl (C=O) groups is 1. The molecular formula is C16H21O2P. The quantitative estimate of drug-likeness (QED) is 0.592. The van der Waals surface area contributed by atoms with Gasteiger partial charge in [-0.2, -0.15) is 0 Å². The van der Waals surface area contributed by atoms with Gasteiger partial charge in [-0.1, -0.05) is 30.5 Å². The first-order valence-corrected chi connectivity index (χ1v) is 7.92. The molecule has 0 radical (unpaired) electrons. The summed E-state index contributed by atoms with van der Waals surface area (Å²) in [6.45, 7) is 6.06. The molecule has 0 N–H and O–H groups in total. The standard InChI is InChI=1S/C16H21O2P/c1-11-8-12(2)14(13(3)9-11)15(17)16(10-19-18)6-4-5-7-16/h8-9H,4-7,10H2,1-3H3. The molecule has 2 nitrogen and oxygen atoms in total. The predicted molar refractivity (Wildman–Crippen MR) is 78.4 cm³/mol. The second kappa shape index (κ2) is 5.54. The Morgan fingerprint density at radius 1 is 1.16 bits per heavy atom. The van der Waals surface area contributed by atoms with Crippen LogP contribution in [0.25, 0.3) is 0 Å². The average molecular weight is 276 g/mol. The fraction of sp³-hybridized carbons (Fsp3) is 0.562. The van der Waals surface area contributed by atoms with E-state index in [1.807, 2.05) is 13.8 Å². The van der Waals surface area contributed by atoms with Crippen LogP contribution in [0.3, 0.4) is 0 Å². The molecule has 1 aliphatic carbocycles. The van der Waals surface area contributed by atoms with E-state index in [1.165, 1.54) is 5.56 Å². The minimum absolute atomic E-state index is 0.0928. The first-order chi connectivity index (χ1) is 9.00. The average Bonchev–Trinajstić information content (AvgIpc) is 2.77. The van der Waals surface area contributed by atoms with Gasteiger partial charge in [0.05, 0.1) is 0 Å². The second-order valence-electron chi connectivity index (χ2n) is 5.88. The Morgan fingerprint density at radius 3 is 2.16 bits per heavy atom. The largest absolute Gasteiger partial charge is 0.294 e. The van der Waals surface area contributed by atoms with E-state index in [4.69, 9.17) is 0 Å². The lowest BCUT2D eigenvalue weighted by Gasteiger charge is -2.26. The van der Waals surface area contributed by atoms with Crippen LogP contribution in [0.1, 0.15) is 52.7 Å². The molecule has 0 amide bonds. The molecule has 0 saturated heterocycles. The highest BCUT2D eigenvalue weighted by Crippen LogP contribution is 2.44. The smallest absolute Gasteiger partial charge is 0.170 e. The summed E-state index contributed by atoms with van der Waals surface area (Å²) in [7, 11) is 0.0928. The van der Waals surface area contributed by atoms with Crippen LogP contribution < -0.4 is 0 Å². The molecule has 0 aliphatic heterocycles. The molecule has 0 spiro atoms. The third-order valence-corrected chi connectivity index (χ3v) is 5.05. The molecule has 1 aromatic rings. The number of carbonyl (C=O) groups excluding carboxylic acids is 1. The number of Topliss-reactive ketones (excluding diaryl/α,β-unsaturated/α-hetero) is 1. The van der Waals surface area contributed by atoms with Crippen molar-refractivity contribution in [2.45, 2.75) is 46.5 Å². The van der Waals surface area contributed by atoms with Crippen LogP contribution in [-0.4, -0.2) is 11.9 Å². The van der Waals surface area contributed by atoms with Gasteiger partial charge in [0.15, 0.2) is 14.2 Å². The minimum Gasteiger partial charge on any atom is -0.294 e. The number of hydrogen-bond donors (Lipinski definition) is 0. The Kier molecular flexibility index (Phi) is 4.20. The summed E-state index contributed by atoms with van der Waals surface area (Å²) in [5.41, 5.74) is 3.77. The number of hydrogen-bond acceptors (Lipinski definition) is 2. The molecule has 2 rings (SSSR count). The molecule has 0 bridgehead atoms. The SMILES string of the molecule is Cc1cc(C)c(C(=O)C2(CP=O)CCCC2)c(C)c1. The van der Waals surface area contributed by atoms with Gasteiger partial charge >= 0.3 is 0 Å². The molecule has 1 fully saturated rings. The lowest BCUT2D eigenvalue weighted by Crippen LogP contribution is -2.31. The van der Waals surface area contributed by atoms with Crippen LogP contribution >= 0.6 is 8.46 Å². The summed E-state index contributed by atoms with van der Waals surface area (Å²) in [5, 5.41) is 0. The van der Waals surface area contributed by atoms with E-state index >= 15 is 0 Å². The number of benzene rings is 1. The summed E-state index contributed by atoms with van der Waals surface area (Å²) in [6.07, 6.45) is 4.39. The monoisotopic (exact) mass is 276 g/mol. The Balaban J connectivity index is 2.46. The van der Waals surface area contributed by atoms with Crippen LogP contribution in [0.2, 0.25) is 0 Å². The maximum absolute atomic E-state index is 13.0. The van der Waals surface area contributed by atoms with E-state index in [1.54, 1.807) is 0 Å². The Hall–Kier alpha value is -1.01. The van der Waals surface area contributed by atoms with Crippen LogP contribution in [0, 0.1) is 26.2 Å². The van der Waals surface area contributed by atoms with Gasteiger partial charge in [-0.05, 0) is 44.7 Å². The summed E-state index contributed by atoms with van der Waals surface area (Å²) >= 11 is 0. The molecule has 19 heavy (non-hydrogen) atoms. The molecule has 0 heterocycles. The van der Waals surface area contributed by atoms with E-state index in [-0.39, 0.29) is 19.7 Å². The highest BCUT2D eigenvalue weighted by Gasteiger charge is 2.42. The van der Waals surface area contributed by atoms with Gasteiger partial charge in [0, 0.05) is 17.1 Å². The van der Waals surface area contributed by atoms with Crippen molar-refractivity contribution < 1.29 is 9.36 Å². The molecule has 0 aromatic heterocycles. The maximum atomic E-state index is 13.0. The zero-order chi connectivity index (χ0) is 14.0. The van der Waals surface area contributed by atoms with E-state index < -0.39 is 0 Å². The van der Waals surface area contributed by atoms with Crippen molar-refractivity contribution in [3.8, 4) is 0 Å². The van der Waals surface area contributed by atoms with Gasteiger partial charge in [-0.15, -0.1) is 0 Å². The van der Waals surface area contributed by atoms with Crippen LogP contribution in [0.15, 0.2) is 12.1 Å². The van der Waals surface area contributed by atoms with Gasteiger partial charge in [0.2, 0.25) is 0 Å². The summed E-state index contributed by atoms with van der Waals surface area (Å²) in [5.74, 6) is 0.211. The summed E-state index contributed by atoms with van der Waals surface area (Å²) < 4.78 is 11.1. The van der Waals surface area contributed by atoms with Gasteiger partial charge in [0.25, 0.3) is 0 Å².